The number of fused-ring (bicyclic) bond motifs is 1. The van der Waals surface area contributed by atoms with Crippen molar-refractivity contribution in [2.75, 3.05) is 26.2 Å². The van der Waals surface area contributed by atoms with Crippen molar-refractivity contribution in [1.29, 1.82) is 0 Å². The number of hydrogen-bond acceptors (Lipinski definition) is 2. The molecule has 0 aliphatic carbocycles. The number of carbonyl (C=O) groups is 1. The number of carbonyl (C=O) groups excluding carboxylic acids is 1. The quantitative estimate of drug-likeness (QED) is 0.910. The number of amides is 2. The van der Waals surface area contributed by atoms with Gasteiger partial charge in [0.1, 0.15) is 0 Å². The van der Waals surface area contributed by atoms with Crippen molar-refractivity contribution in [3.05, 3.63) is 48.0 Å². The number of nitrogens with zero attached hydrogens (tertiary/aromatic N) is 1. The van der Waals surface area contributed by atoms with Gasteiger partial charge in [0.05, 0.1) is 0 Å². The number of aliphatic hydroxyl groups is 1. The summed E-state index contributed by atoms with van der Waals surface area (Å²) in [4.78, 5) is 13.9. The van der Waals surface area contributed by atoms with E-state index >= 15 is 0 Å². The molecule has 4 nitrogen and oxygen atoms in total. The maximum atomic E-state index is 12.1. The van der Waals surface area contributed by atoms with Crippen molar-refractivity contribution in [3.8, 4) is 0 Å². The summed E-state index contributed by atoms with van der Waals surface area (Å²) in [5, 5.41) is 14.6. The zero-order valence-corrected chi connectivity index (χ0v) is 12.7. The molecule has 3 rings (SSSR count). The summed E-state index contributed by atoms with van der Waals surface area (Å²) >= 11 is 0. The molecule has 0 aromatic heterocycles. The van der Waals surface area contributed by atoms with Crippen molar-refractivity contribution in [2.45, 2.75) is 12.8 Å². The van der Waals surface area contributed by atoms with Crippen molar-refractivity contribution in [1.82, 2.24) is 10.2 Å². The predicted molar refractivity (Wildman–Crippen MR) is 87.8 cm³/mol. The van der Waals surface area contributed by atoms with Crippen LogP contribution in [0.3, 0.4) is 0 Å². The second-order valence-electron chi connectivity index (χ2n) is 5.90. The van der Waals surface area contributed by atoms with E-state index in [9.17, 15) is 4.79 Å². The molecular formula is C18H22N2O2. The number of nitrogens with one attached hydrogen (secondary N) is 1. The number of urea groups is 1. The largest absolute Gasteiger partial charge is 0.396 e. The molecule has 1 heterocycles. The molecule has 0 bridgehead atoms. The first-order valence-corrected chi connectivity index (χ1v) is 7.88. The maximum absolute atomic E-state index is 12.1. The monoisotopic (exact) mass is 298 g/mol. The van der Waals surface area contributed by atoms with Crippen molar-refractivity contribution >= 4 is 16.8 Å². The van der Waals surface area contributed by atoms with Crippen LogP contribution in [0.25, 0.3) is 10.8 Å². The molecule has 0 spiro atoms. The molecule has 0 radical (unpaired) electrons. The fourth-order valence-corrected chi connectivity index (χ4v) is 3.09. The van der Waals surface area contributed by atoms with Crippen LogP contribution in [0.1, 0.15) is 12.0 Å². The van der Waals surface area contributed by atoms with Crippen LogP contribution in [0.4, 0.5) is 4.79 Å². The number of likely N-dealkylation sites (tertiary alicyclic amines) is 1. The van der Waals surface area contributed by atoms with E-state index in [2.05, 4.69) is 35.6 Å². The Kier molecular flexibility index (Phi) is 4.59. The third-order valence-corrected chi connectivity index (χ3v) is 4.38. The molecule has 1 fully saturated rings. The van der Waals surface area contributed by atoms with Gasteiger partial charge in [0.2, 0.25) is 0 Å². The number of benzene rings is 2. The van der Waals surface area contributed by atoms with Gasteiger partial charge in [0.15, 0.2) is 0 Å². The van der Waals surface area contributed by atoms with Crippen molar-refractivity contribution < 1.29 is 9.90 Å². The minimum absolute atomic E-state index is 0.0174. The first-order valence-electron chi connectivity index (χ1n) is 7.88. The van der Waals surface area contributed by atoms with Gasteiger partial charge in [-0.3, -0.25) is 0 Å². The van der Waals surface area contributed by atoms with Crippen LogP contribution in [0.5, 0.6) is 0 Å². The van der Waals surface area contributed by atoms with Gasteiger partial charge in [-0.2, -0.15) is 0 Å². The molecule has 2 aromatic rings. The summed E-state index contributed by atoms with van der Waals surface area (Å²) in [6, 6.07) is 14.6. The SMILES string of the molecule is O=C(NCCc1cccc2ccccc12)N1CCC(CO)C1. The Hall–Kier alpha value is -2.07. The lowest BCUT2D eigenvalue weighted by Gasteiger charge is -2.17. The first-order chi connectivity index (χ1) is 10.8. The lowest BCUT2D eigenvalue weighted by molar-refractivity contribution is 0.198. The number of rotatable bonds is 4. The Morgan fingerprint density at radius 3 is 2.86 bits per heavy atom. The Morgan fingerprint density at radius 2 is 2.05 bits per heavy atom. The average Bonchev–Trinajstić information content (AvgIpc) is 3.04. The average molecular weight is 298 g/mol. The highest BCUT2D eigenvalue weighted by Crippen LogP contribution is 2.19. The minimum Gasteiger partial charge on any atom is -0.396 e. The van der Waals surface area contributed by atoms with Gasteiger partial charge in [0, 0.05) is 32.2 Å². The van der Waals surface area contributed by atoms with E-state index in [1.54, 1.807) is 4.90 Å². The maximum Gasteiger partial charge on any atom is 0.317 e. The summed E-state index contributed by atoms with van der Waals surface area (Å²) in [5.41, 5.74) is 1.26. The third-order valence-electron chi connectivity index (χ3n) is 4.38. The van der Waals surface area contributed by atoms with Gasteiger partial charge in [0.25, 0.3) is 0 Å². The molecule has 1 aliphatic heterocycles. The fourth-order valence-electron chi connectivity index (χ4n) is 3.09. The Bertz CT molecular complexity index is 651. The van der Waals surface area contributed by atoms with Crippen LogP contribution in [0, 0.1) is 5.92 Å². The van der Waals surface area contributed by atoms with E-state index in [1.165, 1.54) is 16.3 Å². The molecule has 1 saturated heterocycles. The van der Waals surface area contributed by atoms with E-state index in [4.69, 9.17) is 5.11 Å². The highest BCUT2D eigenvalue weighted by molar-refractivity contribution is 5.85. The van der Waals surface area contributed by atoms with Crippen LogP contribution in [0.2, 0.25) is 0 Å². The van der Waals surface area contributed by atoms with Gasteiger partial charge >= 0.3 is 6.03 Å². The summed E-state index contributed by atoms with van der Waals surface area (Å²) in [7, 11) is 0. The topological polar surface area (TPSA) is 52.6 Å². The van der Waals surface area contributed by atoms with E-state index in [0.29, 0.717) is 13.1 Å². The smallest absolute Gasteiger partial charge is 0.317 e. The Balaban J connectivity index is 1.55. The van der Waals surface area contributed by atoms with Gasteiger partial charge in [-0.15, -0.1) is 0 Å². The molecule has 2 aromatic carbocycles. The molecule has 1 aliphatic rings. The normalized spacial score (nSPS) is 17.9. The molecule has 2 N–H and O–H groups in total. The van der Waals surface area contributed by atoms with Crippen LogP contribution in [0.15, 0.2) is 42.5 Å². The highest BCUT2D eigenvalue weighted by Gasteiger charge is 2.25. The van der Waals surface area contributed by atoms with Crippen LogP contribution >= 0.6 is 0 Å². The highest BCUT2D eigenvalue weighted by atomic mass is 16.3. The van der Waals surface area contributed by atoms with Gasteiger partial charge in [-0.25, -0.2) is 4.79 Å². The molecule has 0 saturated carbocycles. The van der Waals surface area contributed by atoms with Gasteiger partial charge < -0.3 is 15.3 Å². The van der Waals surface area contributed by atoms with Crippen LogP contribution in [-0.2, 0) is 6.42 Å². The summed E-state index contributed by atoms with van der Waals surface area (Å²) < 4.78 is 0. The Labute approximate surface area is 130 Å². The van der Waals surface area contributed by atoms with E-state index in [1.807, 2.05) is 12.1 Å². The van der Waals surface area contributed by atoms with E-state index < -0.39 is 0 Å². The van der Waals surface area contributed by atoms with Crippen LogP contribution < -0.4 is 5.32 Å². The molecule has 4 heteroatoms. The lowest BCUT2D eigenvalue weighted by Crippen LogP contribution is -2.39. The first kappa shape index (κ1) is 14.9. The van der Waals surface area contributed by atoms with Gasteiger partial charge in [-0.1, -0.05) is 42.5 Å². The second kappa shape index (κ2) is 6.79. The number of aliphatic hydroxyl groups excluding tert-OH is 1. The Morgan fingerprint density at radius 1 is 1.23 bits per heavy atom. The predicted octanol–water partition coefficient (Wildman–Crippen LogP) is 2.41. The molecular weight excluding hydrogens is 276 g/mol. The molecule has 1 unspecified atom stereocenters. The zero-order valence-electron chi connectivity index (χ0n) is 12.7. The standard InChI is InChI=1S/C18H22N2O2/c21-13-14-9-11-20(12-14)18(22)19-10-8-16-6-3-5-15-4-1-2-7-17(15)16/h1-7,14,21H,8-13H2,(H,19,22). The van der Waals surface area contributed by atoms with Crippen LogP contribution in [-0.4, -0.2) is 42.3 Å². The van der Waals surface area contributed by atoms with Crippen molar-refractivity contribution in [2.24, 2.45) is 5.92 Å². The molecule has 116 valence electrons. The summed E-state index contributed by atoms with van der Waals surface area (Å²) in [6.45, 7) is 2.20. The minimum atomic E-state index is -0.0174. The molecule has 22 heavy (non-hydrogen) atoms. The summed E-state index contributed by atoms with van der Waals surface area (Å²) in [5.74, 6) is 0.240. The van der Waals surface area contributed by atoms with E-state index in [-0.39, 0.29) is 18.6 Å². The summed E-state index contributed by atoms with van der Waals surface area (Å²) in [6.07, 6.45) is 1.72. The molecule has 1 atom stereocenters. The number of hydrogen-bond donors (Lipinski definition) is 2. The zero-order chi connectivity index (χ0) is 15.4. The molecule has 2 amide bonds. The van der Waals surface area contributed by atoms with E-state index in [0.717, 1.165) is 19.4 Å². The second-order valence-corrected chi connectivity index (χ2v) is 5.90. The fraction of sp³-hybridized carbons (Fsp3) is 0.389. The third kappa shape index (κ3) is 3.22. The lowest BCUT2D eigenvalue weighted by atomic mass is 10.0. The van der Waals surface area contributed by atoms with Gasteiger partial charge in [-0.05, 0) is 29.2 Å². The van der Waals surface area contributed by atoms with Crippen molar-refractivity contribution in [3.63, 3.8) is 0 Å².